The first-order valence-electron chi connectivity index (χ1n) is 13.3. The van der Waals surface area contributed by atoms with Crippen molar-refractivity contribution in [2.75, 3.05) is 50.8 Å². The van der Waals surface area contributed by atoms with Gasteiger partial charge in [0.1, 0.15) is 0 Å². The molecule has 39 heavy (non-hydrogen) atoms. The Labute approximate surface area is 234 Å². The minimum atomic E-state index is -3.63. The summed E-state index contributed by atoms with van der Waals surface area (Å²) in [6.07, 6.45) is 5.88. The Hall–Kier alpha value is -2.99. The molecule has 0 saturated carbocycles. The van der Waals surface area contributed by atoms with Gasteiger partial charge in [-0.05, 0) is 57.9 Å². The van der Waals surface area contributed by atoms with Crippen LogP contribution in [-0.4, -0.2) is 74.1 Å². The number of hydrogen-bond donors (Lipinski definition) is 0. The second kappa shape index (κ2) is 11.6. The normalized spacial score (nSPS) is 17.5. The molecule has 2 aromatic heterocycles. The topological polar surface area (TPSA) is 84.4 Å². The zero-order valence-electron chi connectivity index (χ0n) is 22.8. The predicted octanol–water partition coefficient (Wildman–Crippen LogP) is 3.86. The van der Waals surface area contributed by atoms with Gasteiger partial charge < -0.3 is 14.2 Å². The lowest BCUT2D eigenvalue weighted by Gasteiger charge is -2.28. The third-order valence-electron chi connectivity index (χ3n) is 7.23. The Morgan fingerprint density at radius 3 is 2.49 bits per heavy atom. The highest BCUT2D eigenvalue weighted by atomic mass is 32.2. The fraction of sp³-hybridized carbons (Fsp3) is 0.429. The van der Waals surface area contributed by atoms with Crippen LogP contribution in [0.1, 0.15) is 35.5 Å². The van der Waals surface area contributed by atoms with Crippen molar-refractivity contribution < 1.29 is 13.2 Å². The summed E-state index contributed by atoms with van der Waals surface area (Å²) in [5.74, 6) is 0. The Morgan fingerprint density at radius 1 is 1.03 bits per heavy atom. The van der Waals surface area contributed by atoms with Crippen molar-refractivity contribution in [3.63, 3.8) is 0 Å². The van der Waals surface area contributed by atoms with Crippen molar-refractivity contribution in [1.29, 1.82) is 0 Å². The number of benzene rings is 1. The molecule has 4 heterocycles. The second-order valence-corrected chi connectivity index (χ2v) is 12.6. The molecule has 0 amide bonds. The lowest BCUT2D eigenvalue weighted by atomic mass is 10.2. The van der Waals surface area contributed by atoms with Crippen LogP contribution in [0.4, 0.5) is 5.69 Å². The molecule has 1 aromatic carbocycles. The van der Waals surface area contributed by atoms with Gasteiger partial charge in [-0.1, -0.05) is 6.08 Å². The van der Waals surface area contributed by atoms with Crippen LogP contribution in [0.25, 0.3) is 5.69 Å². The number of sulfonamides is 1. The molecule has 208 valence electrons. The van der Waals surface area contributed by atoms with Crippen LogP contribution in [-0.2, 0) is 14.8 Å². The first kappa shape index (κ1) is 27.6. The Morgan fingerprint density at radius 2 is 1.77 bits per heavy atom. The van der Waals surface area contributed by atoms with E-state index in [1.54, 1.807) is 23.5 Å². The fourth-order valence-corrected chi connectivity index (χ4v) is 7.43. The van der Waals surface area contributed by atoms with Crippen molar-refractivity contribution >= 4 is 33.3 Å². The maximum Gasteiger partial charge on any atom is 0.243 e. The van der Waals surface area contributed by atoms with Crippen LogP contribution < -0.4 is 9.70 Å². The van der Waals surface area contributed by atoms with Crippen LogP contribution >= 0.6 is 11.3 Å². The van der Waals surface area contributed by atoms with E-state index in [-0.39, 0.29) is 0 Å². The van der Waals surface area contributed by atoms with Gasteiger partial charge in [-0.25, -0.2) is 13.1 Å². The maximum absolute atomic E-state index is 13.6. The summed E-state index contributed by atoms with van der Waals surface area (Å²) in [4.78, 5) is 8.02. The summed E-state index contributed by atoms with van der Waals surface area (Å²) in [5, 5.41) is 6.78. The van der Waals surface area contributed by atoms with Crippen molar-refractivity contribution in [3.05, 3.63) is 69.7 Å². The number of thiazole rings is 1. The summed E-state index contributed by atoms with van der Waals surface area (Å²) in [6, 6.07) is 7.66. The fourth-order valence-electron chi connectivity index (χ4n) is 5.19. The van der Waals surface area contributed by atoms with Gasteiger partial charge in [0.2, 0.25) is 14.8 Å². The van der Waals surface area contributed by atoms with Gasteiger partial charge in [-0.3, -0.25) is 4.99 Å². The van der Waals surface area contributed by atoms with E-state index < -0.39 is 10.0 Å². The Balaban J connectivity index is 1.58. The summed E-state index contributed by atoms with van der Waals surface area (Å²) in [7, 11) is -3.63. The van der Waals surface area contributed by atoms with Gasteiger partial charge in [-0.15, -0.1) is 17.9 Å². The molecule has 0 unspecified atom stereocenters. The van der Waals surface area contributed by atoms with Crippen LogP contribution in [0, 0.1) is 20.8 Å². The molecule has 0 bridgehead atoms. The number of aromatic nitrogens is 2. The molecule has 0 atom stereocenters. The van der Waals surface area contributed by atoms with Crippen LogP contribution in [0.15, 0.2) is 57.3 Å². The highest BCUT2D eigenvalue weighted by Gasteiger charge is 2.28. The minimum absolute atomic E-state index is 0.308. The Bertz CT molecular complexity index is 1550. The van der Waals surface area contributed by atoms with Crippen molar-refractivity contribution in [2.24, 2.45) is 10.1 Å². The SMILES string of the molecule is C=CCN=c1scc(C)n1N=Cc1cc(C)n(-c2cc(S(=O)(=O)N3CCOCC3)ccc2N2CCCC2)c1C. The smallest absolute Gasteiger partial charge is 0.243 e. The molecule has 3 aromatic rings. The molecule has 0 spiro atoms. The third-order valence-corrected chi connectivity index (χ3v) is 10.1. The molecule has 0 radical (unpaired) electrons. The molecule has 2 fully saturated rings. The number of morpholine rings is 1. The lowest BCUT2D eigenvalue weighted by molar-refractivity contribution is 0.0730. The molecule has 5 rings (SSSR count). The molecular formula is C28H36N6O3S2. The first-order chi connectivity index (χ1) is 18.8. The monoisotopic (exact) mass is 568 g/mol. The van der Waals surface area contributed by atoms with Crippen molar-refractivity contribution in [3.8, 4) is 5.69 Å². The van der Waals surface area contributed by atoms with E-state index >= 15 is 0 Å². The summed E-state index contributed by atoms with van der Waals surface area (Å²) in [6.45, 7) is 13.9. The maximum atomic E-state index is 13.6. The first-order valence-corrected chi connectivity index (χ1v) is 15.6. The van der Waals surface area contributed by atoms with Gasteiger partial charge in [0, 0.05) is 48.5 Å². The molecule has 2 saturated heterocycles. The predicted molar refractivity (Wildman–Crippen MR) is 157 cm³/mol. The van der Waals surface area contributed by atoms with Crippen molar-refractivity contribution in [1.82, 2.24) is 13.5 Å². The highest BCUT2D eigenvalue weighted by molar-refractivity contribution is 7.89. The second-order valence-electron chi connectivity index (χ2n) is 9.87. The third kappa shape index (κ3) is 5.54. The largest absolute Gasteiger partial charge is 0.379 e. The number of nitrogens with zero attached hydrogens (tertiary/aromatic N) is 6. The number of rotatable bonds is 8. The van der Waals surface area contributed by atoms with Gasteiger partial charge in [0.25, 0.3) is 0 Å². The molecule has 9 nitrogen and oxygen atoms in total. The van der Waals surface area contributed by atoms with E-state index in [9.17, 15) is 8.42 Å². The van der Waals surface area contributed by atoms with Crippen LogP contribution in [0.5, 0.6) is 0 Å². The van der Waals surface area contributed by atoms with Gasteiger partial charge in [-0.2, -0.15) is 9.41 Å². The number of aryl methyl sites for hydroxylation is 2. The summed E-state index contributed by atoms with van der Waals surface area (Å²) >= 11 is 1.55. The lowest BCUT2D eigenvalue weighted by Crippen LogP contribution is -2.40. The van der Waals surface area contributed by atoms with Gasteiger partial charge in [0.15, 0.2) is 0 Å². The minimum Gasteiger partial charge on any atom is -0.379 e. The molecule has 2 aliphatic heterocycles. The Kier molecular flexibility index (Phi) is 8.22. The summed E-state index contributed by atoms with van der Waals surface area (Å²) < 4.78 is 38.0. The van der Waals surface area contributed by atoms with E-state index in [2.05, 4.69) is 41.0 Å². The average molecular weight is 569 g/mol. The zero-order chi connectivity index (χ0) is 27.6. The number of ether oxygens (including phenoxy) is 1. The summed E-state index contributed by atoms with van der Waals surface area (Å²) in [5.41, 5.74) is 5.91. The van der Waals surface area contributed by atoms with E-state index in [0.29, 0.717) is 37.7 Å². The van der Waals surface area contributed by atoms with Gasteiger partial charge in [0.05, 0.1) is 47.9 Å². The zero-order valence-corrected chi connectivity index (χ0v) is 24.5. The van der Waals surface area contributed by atoms with Crippen molar-refractivity contribution in [2.45, 2.75) is 38.5 Å². The molecule has 11 heteroatoms. The van der Waals surface area contributed by atoms with E-state index in [0.717, 1.165) is 64.8 Å². The standard InChI is InChI=1S/C28H36N6O3S2/c1-5-10-29-28-34(22(3)20-38-28)30-19-24-17-21(2)33(23(24)4)27-18-25(8-9-26(27)31-11-6-7-12-31)39(35,36)32-13-15-37-16-14-32/h5,8-9,17-20H,1,6-7,10-16H2,2-4H3. The molecule has 0 aliphatic carbocycles. The highest BCUT2D eigenvalue weighted by Crippen LogP contribution is 2.34. The van der Waals surface area contributed by atoms with Crippen LogP contribution in [0.3, 0.4) is 0 Å². The molecule has 0 N–H and O–H groups in total. The molecular weight excluding hydrogens is 532 g/mol. The number of hydrogen-bond acceptors (Lipinski definition) is 7. The van der Waals surface area contributed by atoms with E-state index in [1.807, 2.05) is 35.3 Å². The van der Waals surface area contributed by atoms with Gasteiger partial charge >= 0.3 is 0 Å². The van der Waals surface area contributed by atoms with Crippen LogP contribution in [0.2, 0.25) is 0 Å². The van der Waals surface area contributed by atoms with E-state index in [4.69, 9.17) is 9.84 Å². The number of anilines is 1. The quantitative estimate of drug-likeness (QED) is 0.305. The van der Waals surface area contributed by atoms with E-state index in [1.165, 1.54) is 4.31 Å². The average Bonchev–Trinajstić information content (AvgIpc) is 3.66. The molecule has 2 aliphatic rings.